The van der Waals surface area contributed by atoms with Gasteiger partial charge in [-0.05, 0) is 49.6 Å². The summed E-state index contributed by atoms with van der Waals surface area (Å²) in [6, 6.07) is 13.3. The van der Waals surface area contributed by atoms with Gasteiger partial charge >= 0.3 is 0 Å². The van der Waals surface area contributed by atoms with Crippen LogP contribution in [0.5, 0.6) is 5.75 Å². The van der Waals surface area contributed by atoms with Gasteiger partial charge in [0, 0.05) is 31.6 Å². The Hall–Kier alpha value is -3.19. The first-order valence-electron chi connectivity index (χ1n) is 11.3. The predicted molar refractivity (Wildman–Crippen MR) is 124 cm³/mol. The number of nitrogens with zero attached hydrogens (tertiary/aromatic N) is 4. The summed E-state index contributed by atoms with van der Waals surface area (Å²) in [5.74, 6) is 1.65. The maximum absolute atomic E-state index is 13.1. The van der Waals surface area contributed by atoms with Crippen molar-refractivity contribution in [3.05, 3.63) is 48.0 Å². The molecule has 3 aromatic rings. The Morgan fingerprint density at radius 3 is 2.72 bits per heavy atom. The van der Waals surface area contributed by atoms with Gasteiger partial charge < -0.3 is 19.6 Å². The van der Waals surface area contributed by atoms with Gasteiger partial charge in [0.1, 0.15) is 11.6 Å². The molecule has 2 fully saturated rings. The lowest BCUT2D eigenvalue weighted by Gasteiger charge is -2.37. The number of piperidine rings is 1. The van der Waals surface area contributed by atoms with E-state index >= 15 is 0 Å². The fourth-order valence-electron chi connectivity index (χ4n) is 4.66. The lowest BCUT2D eigenvalue weighted by Crippen LogP contribution is -2.48. The van der Waals surface area contributed by atoms with Crippen LogP contribution in [0.1, 0.15) is 18.4 Å². The van der Waals surface area contributed by atoms with E-state index in [-0.39, 0.29) is 17.6 Å². The summed E-state index contributed by atoms with van der Waals surface area (Å²) in [6.07, 6.45) is 1.82. The van der Waals surface area contributed by atoms with Crippen molar-refractivity contribution < 1.29 is 14.6 Å². The van der Waals surface area contributed by atoms with Crippen LogP contribution in [0.3, 0.4) is 0 Å². The zero-order valence-electron chi connectivity index (χ0n) is 18.3. The summed E-state index contributed by atoms with van der Waals surface area (Å²) < 4.78 is 5.41. The molecule has 32 heavy (non-hydrogen) atoms. The van der Waals surface area contributed by atoms with E-state index in [2.05, 4.69) is 17.0 Å². The molecule has 2 saturated heterocycles. The van der Waals surface area contributed by atoms with Crippen molar-refractivity contribution in [1.82, 2.24) is 14.9 Å². The van der Waals surface area contributed by atoms with Crippen LogP contribution in [0.15, 0.2) is 42.5 Å². The summed E-state index contributed by atoms with van der Waals surface area (Å²) in [5.41, 5.74) is 2.56. The van der Waals surface area contributed by atoms with Crippen LogP contribution in [0, 0.1) is 12.8 Å². The van der Waals surface area contributed by atoms with Crippen LogP contribution in [0.2, 0.25) is 0 Å². The molecule has 0 bridgehead atoms. The molecule has 5 rings (SSSR count). The van der Waals surface area contributed by atoms with Gasteiger partial charge in [0.15, 0.2) is 5.82 Å². The van der Waals surface area contributed by atoms with E-state index in [0.717, 1.165) is 41.7 Å². The zero-order valence-corrected chi connectivity index (χ0v) is 18.3. The fourth-order valence-corrected chi connectivity index (χ4v) is 4.66. The fraction of sp³-hybridized carbons (Fsp3) is 0.400. The van der Waals surface area contributed by atoms with Crippen molar-refractivity contribution in [1.29, 1.82) is 0 Å². The van der Waals surface area contributed by atoms with Crippen molar-refractivity contribution in [2.75, 3.05) is 44.3 Å². The van der Waals surface area contributed by atoms with Gasteiger partial charge in [-0.15, -0.1) is 0 Å². The minimum Gasteiger partial charge on any atom is -0.507 e. The molecule has 2 aliphatic heterocycles. The molecule has 2 aliphatic rings. The molecule has 0 spiro atoms. The lowest BCUT2D eigenvalue weighted by atomic mass is 9.96. The number of aryl methyl sites for hydroxylation is 1. The topological polar surface area (TPSA) is 78.8 Å². The number of hydrogen-bond donors (Lipinski definition) is 1. The maximum atomic E-state index is 13.1. The molecule has 0 saturated carbocycles. The second-order valence-electron chi connectivity index (χ2n) is 8.63. The van der Waals surface area contributed by atoms with Crippen LogP contribution >= 0.6 is 0 Å². The predicted octanol–water partition coefficient (Wildman–Crippen LogP) is 3.39. The second kappa shape index (κ2) is 8.74. The van der Waals surface area contributed by atoms with Crippen molar-refractivity contribution >= 4 is 22.6 Å². The highest BCUT2D eigenvalue weighted by Crippen LogP contribution is 2.34. The lowest BCUT2D eigenvalue weighted by molar-refractivity contribution is -0.139. The summed E-state index contributed by atoms with van der Waals surface area (Å²) in [4.78, 5) is 27.0. The average molecular weight is 433 g/mol. The zero-order chi connectivity index (χ0) is 22.1. The monoisotopic (exact) mass is 432 g/mol. The first-order chi connectivity index (χ1) is 15.6. The third-order valence-corrected chi connectivity index (χ3v) is 6.37. The summed E-state index contributed by atoms with van der Waals surface area (Å²) in [5, 5.41) is 11.4. The molecule has 7 heteroatoms. The van der Waals surface area contributed by atoms with Gasteiger partial charge in [-0.25, -0.2) is 9.97 Å². The van der Waals surface area contributed by atoms with E-state index in [1.807, 2.05) is 30.0 Å². The molecule has 1 amide bonds. The number of aromatic nitrogens is 2. The van der Waals surface area contributed by atoms with Gasteiger partial charge in [0.25, 0.3) is 0 Å². The number of aromatic hydroxyl groups is 1. The third kappa shape index (κ3) is 4.00. The Kier molecular flexibility index (Phi) is 5.66. The Morgan fingerprint density at radius 1 is 1.09 bits per heavy atom. The molecule has 3 heterocycles. The Morgan fingerprint density at radius 2 is 1.91 bits per heavy atom. The molecule has 2 aromatic carbocycles. The van der Waals surface area contributed by atoms with E-state index in [1.54, 1.807) is 12.1 Å². The largest absolute Gasteiger partial charge is 0.507 e. The van der Waals surface area contributed by atoms with E-state index < -0.39 is 0 Å². The summed E-state index contributed by atoms with van der Waals surface area (Å²) in [6.45, 7) is 6.08. The molecule has 7 nitrogen and oxygen atoms in total. The van der Waals surface area contributed by atoms with E-state index in [1.165, 1.54) is 0 Å². The number of amides is 1. The summed E-state index contributed by atoms with van der Waals surface area (Å²) >= 11 is 0. The van der Waals surface area contributed by atoms with E-state index in [9.17, 15) is 9.90 Å². The van der Waals surface area contributed by atoms with Gasteiger partial charge in [-0.3, -0.25) is 4.79 Å². The minimum atomic E-state index is -0.0501. The van der Waals surface area contributed by atoms with Crippen LogP contribution in [-0.2, 0) is 9.53 Å². The minimum absolute atomic E-state index is 0.0501. The Labute approximate surface area is 187 Å². The number of anilines is 1. The highest BCUT2D eigenvalue weighted by Gasteiger charge is 2.31. The number of carbonyl (C=O) groups excluding carboxylic acids is 1. The smallest absolute Gasteiger partial charge is 0.227 e. The van der Waals surface area contributed by atoms with E-state index in [4.69, 9.17) is 14.7 Å². The number of para-hydroxylation sites is 1. The SMILES string of the molecule is Cc1ccc2c(N3CCCC(C(=O)N4CCOCC4)C3)nc(-c3ccccc3O)nc2c1. The molecule has 1 aromatic heterocycles. The van der Waals surface area contributed by atoms with Crippen LogP contribution < -0.4 is 4.90 Å². The van der Waals surface area contributed by atoms with Crippen molar-refractivity contribution in [2.24, 2.45) is 5.92 Å². The molecule has 1 unspecified atom stereocenters. The van der Waals surface area contributed by atoms with Gasteiger partial charge in [0.05, 0.1) is 30.2 Å². The highest BCUT2D eigenvalue weighted by atomic mass is 16.5. The first-order valence-corrected chi connectivity index (χ1v) is 11.3. The van der Waals surface area contributed by atoms with E-state index in [0.29, 0.717) is 44.2 Å². The highest BCUT2D eigenvalue weighted by molar-refractivity contribution is 5.92. The quantitative estimate of drug-likeness (QED) is 0.684. The maximum Gasteiger partial charge on any atom is 0.227 e. The molecule has 0 radical (unpaired) electrons. The number of ether oxygens (including phenoxy) is 1. The Bertz CT molecular complexity index is 1140. The molecule has 166 valence electrons. The number of hydrogen-bond acceptors (Lipinski definition) is 6. The average Bonchev–Trinajstić information content (AvgIpc) is 2.83. The molecule has 1 atom stereocenters. The number of fused-ring (bicyclic) bond motifs is 1. The Balaban J connectivity index is 1.52. The molecular formula is C25H28N4O3. The van der Waals surface area contributed by atoms with Gasteiger partial charge in [0.2, 0.25) is 5.91 Å². The second-order valence-corrected chi connectivity index (χ2v) is 8.63. The number of morpholine rings is 1. The first kappa shape index (κ1) is 20.7. The molecular weight excluding hydrogens is 404 g/mol. The molecule has 0 aliphatic carbocycles. The van der Waals surface area contributed by atoms with Crippen LogP contribution in [0.25, 0.3) is 22.3 Å². The molecule has 1 N–H and O–H groups in total. The van der Waals surface area contributed by atoms with Crippen molar-refractivity contribution in [3.8, 4) is 17.1 Å². The van der Waals surface area contributed by atoms with Crippen LogP contribution in [0.4, 0.5) is 5.82 Å². The number of phenolic OH excluding ortho intramolecular Hbond substituents is 1. The van der Waals surface area contributed by atoms with Gasteiger partial charge in [-0.1, -0.05) is 18.2 Å². The summed E-state index contributed by atoms with van der Waals surface area (Å²) in [7, 11) is 0. The number of carbonyl (C=O) groups is 1. The number of rotatable bonds is 3. The normalized spacial score (nSPS) is 19.3. The van der Waals surface area contributed by atoms with Crippen LogP contribution in [-0.4, -0.2) is 65.3 Å². The third-order valence-electron chi connectivity index (χ3n) is 6.37. The van der Waals surface area contributed by atoms with Crippen molar-refractivity contribution in [2.45, 2.75) is 19.8 Å². The number of phenols is 1. The van der Waals surface area contributed by atoms with Crippen molar-refractivity contribution in [3.63, 3.8) is 0 Å². The standard InChI is InChI=1S/C25H28N4O3/c1-17-8-9-19-21(15-17)26-23(20-6-2-3-7-22(20)30)27-24(19)29-10-4-5-18(16-29)25(31)28-11-13-32-14-12-28/h2-3,6-9,15,18,30H,4-5,10-14,16H2,1H3. The van der Waals surface area contributed by atoms with Gasteiger partial charge in [-0.2, -0.15) is 0 Å². The number of benzene rings is 2.